The zero-order valence-electron chi connectivity index (χ0n) is 10.2. The Morgan fingerprint density at radius 1 is 1.45 bits per heavy atom. The van der Waals surface area contributed by atoms with E-state index in [0.717, 1.165) is 10.9 Å². The van der Waals surface area contributed by atoms with Crippen LogP contribution in [0.25, 0.3) is 0 Å². The fourth-order valence-electron chi connectivity index (χ4n) is 1.50. The summed E-state index contributed by atoms with van der Waals surface area (Å²) in [6.45, 7) is 0. The van der Waals surface area contributed by atoms with Gasteiger partial charge in [-0.25, -0.2) is 13.2 Å². The van der Waals surface area contributed by atoms with E-state index >= 15 is 0 Å². The van der Waals surface area contributed by atoms with Crippen LogP contribution in [-0.4, -0.2) is 39.7 Å². The van der Waals surface area contributed by atoms with E-state index in [1.807, 2.05) is 0 Å². The molecule has 0 radical (unpaired) electrons. The normalized spacial score (nSPS) is 11.5. The van der Waals surface area contributed by atoms with Crippen molar-refractivity contribution in [3.8, 4) is 0 Å². The first-order chi connectivity index (χ1) is 9.29. The molecule has 0 amide bonds. The maximum absolute atomic E-state index is 12.3. The summed E-state index contributed by atoms with van der Waals surface area (Å²) in [7, 11) is -2.26. The van der Waals surface area contributed by atoms with Gasteiger partial charge in [-0.05, 0) is 39.3 Å². The van der Waals surface area contributed by atoms with Gasteiger partial charge in [-0.2, -0.15) is 4.80 Å². The van der Waals surface area contributed by atoms with Crippen molar-refractivity contribution in [2.24, 2.45) is 7.05 Å². The van der Waals surface area contributed by atoms with Gasteiger partial charge in [0.05, 0.1) is 17.5 Å². The first kappa shape index (κ1) is 14.6. The lowest BCUT2D eigenvalue weighted by molar-refractivity contribution is 0.0696. The molecule has 0 aliphatic heterocycles. The zero-order valence-corrected chi connectivity index (χ0v) is 12.6. The number of rotatable bonds is 4. The molecule has 2 aromatic rings. The molecule has 20 heavy (non-hydrogen) atoms. The van der Waals surface area contributed by atoms with Crippen molar-refractivity contribution in [3.63, 3.8) is 0 Å². The van der Waals surface area contributed by atoms with E-state index in [-0.39, 0.29) is 20.8 Å². The molecular formula is C10H9BrN4O4S. The Labute approximate surface area is 122 Å². The van der Waals surface area contributed by atoms with Crippen LogP contribution in [0.15, 0.2) is 27.6 Å². The third kappa shape index (κ3) is 3.02. The highest BCUT2D eigenvalue weighted by molar-refractivity contribution is 9.10. The smallest absolute Gasteiger partial charge is 0.335 e. The Kier molecular flexibility index (Phi) is 3.86. The lowest BCUT2D eigenvalue weighted by Gasteiger charge is -2.06. The van der Waals surface area contributed by atoms with Gasteiger partial charge in [0.15, 0.2) is 15.7 Å². The van der Waals surface area contributed by atoms with Gasteiger partial charge in [0.1, 0.15) is 5.75 Å². The number of halogens is 1. The molecule has 106 valence electrons. The molecule has 0 bridgehead atoms. The SMILES string of the molecule is Cn1nnc(CS(=O)(=O)c2cc(C(=O)O)ccc2Br)n1. The minimum absolute atomic E-state index is 0.0418. The molecule has 0 atom stereocenters. The summed E-state index contributed by atoms with van der Waals surface area (Å²) in [5, 5.41) is 19.9. The van der Waals surface area contributed by atoms with Crippen LogP contribution in [0.4, 0.5) is 0 Å². The van der Waals surface area contributed by atoms with Crippen LogP contribution in [0.5, 0.6) is 0 Å². The average molecular weight is 361 g/mol. The van der Waals surface area contributed by atoms with Gasteiger partial charge in [-0.1, -0.05) is 0 Å². The molecule has 0 fully saturated rings. The summed E-state index contributed by atoms with van der Waals surface area (Å²) in [4.78, 5) is 11.9. The van der Waals surface area contributed by atoms with Crippen molar-refractivity contribution in [1.29, 1.82) is 0 Å². The summed E-state index contributed by atoms with van der Waals surface area (Å²) < 4.78 is 24.8. The van der Waals surface area contributed by atoms with Crippen molar-refractivity contribution in [1.82, 2.24) is 20.2 Å². The van der Waals surface area contributed by atoms with Crippen LogP contribution in [0.2, 0.25) is 0 Å². The summed E-state index contributed by atoms with van der Waals surface area (Å²) in [5.41, 5.74) is -0.112. The van der Waals surface area contributed by atoms with Gasteiger partial charge >= 0.3 is 5.97 Å². The van der Waals surface area contributed by atoms with Crippen LogP contribution < -0.4 is 0 Å². The molecule has 0 spiro atoms. The van der Waals surface area contributed by atoms with E-state index in [9.17, 15) is 13.2 Å². The number of carboxylic acids is 1. The molecule has 1 aromatic heterocycles. The highest BCUT2D eigenvalue weighted by Gasteiger charge is 2.22. The molecule has 1 N–H and O–H groups in total. The molecule has 0 aliphatic carbocycles. The second-order valence-electron chi connectivity index (χ2n) is 3.90. The predicted molar refractivity (Wildman–Crippen MR) is 70.8 cm³/mol. The molecule has 0 aliphatic rings. The Balaban J connectivity index is 2.43. The zero-order chi connectivity index (χ0) is 14.9. The molecule has 10 heteroatoms. The van der Waals surface area contributed by atoms with Gasteiger partial charge in [0.25, 0.3) is 0 Å². The lowest BCUT2D eigenvalue weighted by Crippen LogP contribution is -2.09. The van der Waals surface area contributed by atoms with E-state index in [1.165, 1.54) is 19.2 Å². The highest BCUT2D eigenvalue weighted by Crippen LogP contribution is 2.25. The number of tetrazole rings is 1. The first-order valence-corrected chi connectivity index (χ1v) is 7.72. The number of sulfone groups is 1. The molecule has 0 unspecified atom stereocenters. The molecule has 0 saturated carbocycles. The second kappa shape index (κ2) is 5.29. The van der Waals surface area contributed by atoms with E-state index in [0.29, 0.717) is 0 Å². The Hall–Kier alpha value is -1.81. The Morgan fingerprint density at radius 3 is 2.70 bits per heavy atom. The molecule has 2 rings (SSSR count). The fourth-order valence-corrected chi connectivity index (χ4v) is 3.77. The van der Waals surface area contributed by atoms with Crippen molar-refractivity contribution in [2.45, 2.75) is 10.6 Å². The summed E-state index contributed by atoms with van der Waals surface area (Å²) in [5.74, 6) is -1.62. The number of carbonyl (C=O) groups is 1. The number of nitrogens with zero attached hydrogens (tertiary/aromatic N) is 4. The van der Waals surface area contributed by atoms with E-state index < -0.39 is 21.6 Å². The van der Waals surface area contributed by atoms with Crippen LogP contribution in [0.3, 0.4) is 0 Å². The third-order valence-electron chi connectivity index (χ3n) is 2.38. The third-order valence-corrected chi connectivity index (χ3v) is 4.98. The second-order valence-corrected chi connectivity index (χ2v) is 6.72. The van der Waals surface area contributed by atoms with Gasteiger partial charge in [0.2, 0.25) is 0 Å². The number of aromatic nitrogens is 4. The summed E-state index contributed by atoms with van der Waals surface area (Å²) in [6, 6.07) is 3.78. The quantitative estimate of drug-likeness (QED) is 0.850. The molecule has 8 nitrogen and oxygen atoms in total. The standard InChI is InChI=1S/C10H9BrN4O4S/c1-15-13-9(12-14-15)5-20(18,19)8-4-6(10(16)17)2-3-7(8)11/h2-4H,5H2,1H3,(H,16,17). The largest absolute Gasteiger partial charge is 0.478 e. The minimum atomic E-state index is -3.78. The molecular weight excluding hydrogens is 352 g/mol. The van der Waals surface area contributed by atoms with Gasteiger partial charge in [-0.3, -0.25) is 0 Å². The van der Waals surface area contributed by atoms with Crippen molar-refractivity contribution >= 4 is 31.7 Å². The number of aromatic carboxylic acids is 1. The Morgan fingerprint density at radius 2 is 2.15 bits per heavy atom. The monoisotopic (exact) mass is 360 g/mol. The van der Waals surface area contributed by atoms with Crippen molar-refractivity contribution < 1.29 is 18.3 Å². The fraction of sp³-hybridized carbons (Fsp3) is 0.200. The first-order valence-electron chi connectivity index (χ1n) is 5.28. The lowest BCUT2D eigenvalue weighted by atomic mass is 10.2. The van der Waals surface area contributed by atoms with Crippen LogP contribution in [0.1, 0.15) is 16.2 Å². The van der Waals surface area contributed by atoms with Crippen LogP contribution in [0, 0.1) is 0 Å². The Bertz CT molecular complexity index is 771. The number of hydrogen-bond donors (Lipinski definition) is 1. The number of hydrogen-bond acceptors (Lipinski definition) is 6. The molecule has 1 aromatic carbocycles. The highest BCUT2D eigenvalue weighted by atomic mass is 79.9. The number of benzene rings is 1. The minimum Gasteiger partial charge on any atom is -0.478 e. The van der Waals surface area contributed by atoms with Crippen LogP contribution >= 0.6 is 15.9 Å². The van der Waals surface area contributed by atoms with Gasteiger partial charge < -0.3 is 5.11 Å². The molecule has 1 heterocycles. The van der Waals surface area contributed by atoms with Crippen molar-refractivity contribution in [2.75, 3.05) is 0 Å². The van der Waals surface area contributed by atoms with Gasteiger partial charge in [0, 0.05) is 4.47 Å². The van der Waals surface area contributed by atoms with Crippen LogP contribution in [-0.2, 0) is 22.6 Å². The van der Waals surface area contributed by atoms with E-state index in [2.05, 4.69) is 31.3 Å². The topological polar surface area (TPSA) is 115 Å². The number of carboxylic acid groups (broad SMARTS) is 1. The summed E-state index contributed by atoms with van der Waals surface area (Å²) >= 11 is 3.10. The molecule has 0 saturated heterocycles. The average Bonchev–Trinajstić information content (AvgIpc) is 2.73. The van der Waals surface area contributed by atoms with E-state index in [1.54, 1.807) is 0 Å². The summed E-state index contributed by atoms with van der Waals surface area (Å²) in [6.07, 6.45) is 0. The van der Waals surface area contributed by atoms with Crippen molar-refractivity contribution in [3.05, 3.63) is 34.1 Å². The van der Waals surface area contributed by atoms with E-state index in [4.69, 9.17) is 5.11 Å². The predicted octanol–water partition coefficient (Wildman–Crippen LogP) is 0.645. The number of aryl methyl sites for hydroxylation is 1. The van der Waals surface area contributed by atoms with Gasteiger partial charge in [-0.15, -0.1) is 10.2 Å². The maximum Gasteiger partial charge on any atom is 0.335 e. The maximum atomic E-state index is 12.3.